The lowest BCUT2D eigenvalue weighted by atomic mass is 9.79. The van der Waals surface area contributed by atoms with Crippen LogP contribution in [0.5, 0.6) is 23.0 Å². The van der Waals surface area contributed by atoms with Gasteiger partial charge in [-0.25, -0.2) is 4.79 Å². The Bertz CT molecular complexity index is 1250. The van der Waals surface area contributed by atoms with Crippen LogP contribution < -0.4 is 0 Å². The molecule has 2 aromatic carbocycles. The summed E-state index contributed by atoms with van der Waals surface area (Å²) in [5.41, 5.74) is -4.30. The average Bonchev–Trinajstić information content (AvgIpc) is 2.79. The van der Waals surface area contributed by atoms with Gasteiger partial charge < -0.3 is 50.7 Å². The molecule has 1 aliphatic carbocycles. The summed E-state index contributed by atoms with van der Waals surface area (Å²) in [6.07, 6.45) is -9.11. The van der Waals surface area contributed by atoms with Crippen molar-refractivity contribution < 1.29 is 65.1 Å². The number of carboxylic acids is 1. The summed E-state index contributed by atoms with van der Waals surface area (Å²) < 4.78 is 5.27. The number of phenolic OH excluding ortho intramolecular Hbond substituents is 3. The van der Waals surface area contributed by atoms with Crippen molar-refractivity contribution in [3.05, 3.63) is 45.5 Å². The second kappa shape index (κ2) is 7.93. The lowest BCUT2D eigenvalue weighted by Gasteiger charge is -2.40. The first-order chi connectivity index (χ1) is 15.9. The van der Waals surface area contributed by atoms with Crippen LogP contribution in [0, 0.1) is 0 Å². The number of aliphatic hydroxyl groups is 4. The highest BCUT2D eigenvalue weighted by molar-refractivity contribution is 6.31. The first kappa shape index (κ1) is 23.4. The summed E-state index contributed by atoms with van der Waals surface area (Å²) in [5.74, 6) is -8.30. The van der Waals surface area contributed by atoms with Gasteiger partial charge in [-0.15, -0.1) is 0 Å². The smallest absolute Gasteiger partial charge is 0.339 e. The van der Waals surface area contributed by atoms with Crippen LogP contribution in [0.25, 0.3) is 0 Å². The van der Waals surface area contributed by atoms with Gasteiger partial charge in [-0.3, -0.25) is 9.59 Å². The number of hydrogen-bond donors (Lipinski definition) is 9. The molecular weight excluding hydrogens is 460 g/mol. The molecule has 2 aromatic rings. The minimum absolute atomic E-state index is 0.505. The predicted molar refractivity (Wildman–Crippen MR) is 106 cm³/mol. The average molecular weight is 478 g/mol. The summed E-state index contributed by atoms with van der Waals surface area (Å²) >= 11 is 0. The van der Waals surface area contributed by atoms with Gasteiger partial charge in [0.15, 0.2) is 23.1 Å². The van der Waals surface area contributed by atoms with E-state index in [2.05, 4.69) is 0 Å². The zero-order valence-corrected chi connectivity index (χ0v) is 16.9. The van der Waals surface area contributed by atoms with Gasteiger partial charge >= 0.3 is 5.97 Å². The van der Waals surface area contributed by atoms with E-state index in [9.17, 15) is 60.3 Å². The van der Waals surface area contributed by atoms with Crippen molar-refractivity contribution in [2.24, 2.45) is 0 Å². The third kappa shape index (κ3) is 3.10. The zero-order chi connectivity index (χ0) is 25.2. The largest absolute Gasteiger partial charge is 0.507 e. The van der Waals surface area contributed by atoms with Gasteiger partial charge in [-0.05, 0) is 12.1 Å². The molecule has 9 N–H and O–H groups in total. The lowest BCUT2D eigenvalue weighted by Crippen LogP contribution is -2.55. The Morgan fingerprint density at radius 3 is 1.94 bits per heavy atom. The van der Waals surface area contributed by atoms with E-state index in [-0.39, 0.29) is 0 Å². The van der Waals surface area contributed by atoms with Gasteiger partial charge in [0, 0.05) is 11.1 Å². The van der Waals surface area contributed by atoms with E-state index >= 15 is 0 Å². The number of rotatable bonds is 3. The molecule has 1 saturated heterocycles. The van der Waals surface area contributed by atoms with Crippen molar-refractivity contribution in [1.82, 2.24) is 0 Å². The molecular formula is C21H18O13. The Balaban J connectivity index is 1.95. The number of phenols is 4. The molecule has 0 bridgehead atoms. The Labute approximate surface area is 189 Å². The highest BCUT2D eigenvalue weighted by atomic mass is 16.5. The van der Waals surface area contributed by atoms with Crippen LogP contribution in [0.2, 0.25) is 0 Å². The first-order valence-electron chi connectivity index (χ1n) is 9.73. The molecule has 0 saturated carbocycles. The molecule has 4 rings (SSSR count). The number of carbonyl (C=O) groups excluding carboxylic acids is 2. The number of fused-ring (bicyclic) bond motifs is 2. The number of aromatic carboxylic acids is 1. The van der Waals surface area contributed by atoms with Crippen molar-refractivity contribution in [2.45, 2.75) is 30.5 Å². The van der Waals surface area contributed by atoms with E-state index in [1.807, 2.05) is 0 Å². The Morgan fingerprint density at radius 2 is 1.38 bits per heavy atom. The first-order valence-corrected chi connectivity index (χ1v) is 9.73. The number of ketones is 2. The molecule has 1 heterocycles. The predicted octanol–water partition coefficient (Wildman–Crippen LogP) is -1.50. The minimum atomic E-state index is -2.02. The van der Waals surface area contributed by atoms with Gasteiger partial charge in [0.25, 0.3) is 0 Å². The normalized spacial score (nSPS) is 26.2. The van der Waals surface area contributed by atoms with E-state index in [4.69, 9.17) is 4.74 Å². The van der Waals surface area contributed by atoms with E-state index in [1.165, 1.54) is 0 Å². The molecule has 180 valence electrons. The van der Waals surface area contributed by atoms with Crippen LogP contribution in [0.3, 0.4) is 0 Å². The second-order valence-electron chi connectivity index (χ2n) is 7.84. The third-order valence-corrected chi connectivity index (χ3v) is 5.94. The summed E-state index contributed by atoms with van der Waals surface area (Å²) in [7, 11) is 0. The van der Waals surface area contributed by atoms with Crippen molar-refractivity contribution in [2.75, 3.05) is 6.61 Å². The van der Waals surface area contributed by atoms with Gasteiger partial charge in [0.1, 0.15) is 47.6 Å². The maximum atomic E-state index is 13.2. The van der Waals surface area contributed by atoms with Crippen LogP contribution in [-0.4, -0.2) is 94.5 Å². The molecule has 1 unspecified atom stereocenters. The molecule has 34 heavy (non-hydrogen) atoms. The van der Waals surface area contributed by atoms with E-state index < -0.39 is 111 Å². The van der Waals surface area contributed by atoms with Crippen molar-refractivity contribution in [3.63, 3.8) is 0 Å². The van der Waals surface area contributed by atoms with Gasteiger partial charge in [-0.2, -0.15) is 0 Å². The fraction of sp³-hybridized carbons (Fsp3) is 0.286. The third-order valence-electron chi connectivity index (χ3n) is 5.94. The van der Waals surface area contributed by atoms with Crippen molar-refractivity contribution >= 4 is 17.5 Å². The summed E-state index contributed by atoms with van der Waals surface area (Å²) in [4.78, 5) is 37.5. The number of aromatic hydroxyl groups is 4. The Morgan fingerprint density at radius 1 is 0.824 bits per heavy atom. The molecule has 1 fully saturated rings. The topological polar surface area (TPSA) is 243 Å². The number of aliphatic hydroxyl groups excluding tert-OH is 4. The molecule has 13 nitrogen and oxygen atoms in total. The number of carbonyl (C=O) groups is 3. The molecule has 0 radical (unpaired) electrons. The Kier molecular flexibility index (Phi) is 5.46. The highest BCUT2D eigenvalue weighted by Crippen LogP contribution is 2.51. The van der Waals surface area contributed by atoms with Gasteiger partial charge in [-0.1, -0.05) is 0 Å². The van der Waals surface area contributed by atoms with Crippen molar-refractivity contribution in [3.8, 4) is 23.0 Å². The number of carboxylic acid groups (broad SMARTS) is 1. The molecule has 0 spiro atoms. The maximum absolute atomic E-state index is 13.2. The van der Waals surface area contributed by atoms with Crippen LogP contribution in [0.4, 0.5) is 0 Å². The minimum Gasteiger partial charge on any atom is -0.507 e. The van der Waals surface area contributed by atoms with E-state index in [1.54, 1.807) is 0 Å². The number of ether oxygens (including phenoxy) is 1. The van der Waals surface area contributed by atoms with E-state index in [0.29, 0.717) is 12.1 Å². The molecule has 1 aliphatic heterocycles. The van der Waals surface area contributed by atoms with Crippen LogP contribution >= 0.6 is 0 Å². The van der Waals surface area contributed by atoms with E-state index in [0.717, 1.165) is 0 Å². The fourth-order valence-corrected chi connectivity index (χ4v) is 4.19. The molecule has 5 atom stereocenters. The summed E-state index contributed by atoms with van der Waals surface area (Å²) in [5, 5.41) is 90.8. The monoisotopic (exact) mass is 478 g/mol. The van der Waals surface area contributed by atoms with Crippen LogP contribution in [-0.2, 0) is 4.74 Å². The van der Waals surface area contributed by atoms with Gasteiger partial charge in [0.2, 0.25) is 0 Å². The standard InChI is InChI=1S/C21H18O13/c22-3-8-14(26)18(30)19(31)20(34-8)11-15(27)9-10(16(28)17(11)29)13(25)5-2-7(23)6(21(32)33)1-4(5)12(9)24/h1-2,8,14,18-20,22-23,26-31H,3H2,(H,32,33)/t8-,14-,18+,19-,20?/m0/s1. The summed E-state index contributed by atoms with van der Waals surface area (Å²) in [6.45, 7) is -0.855. The molecule has 0 amide bonds. The highest BCUT2D eigenvalue weighted by Gasteiger charge is 2.48. The molecule has 13 heteroatoms. The summed E-state index contributed by atoms with van der Waals surface area (Å²) in [6, 6.07) is 1.40. The zero-order valence-electron chi connectivity index (χ0n) is 16.9. The van der Waals surface area contributed by atoms with Crippen LogP contribution in [0.15, 0.2) is 12.1 Å². The SMILES string of the molecule is O=C(O)c1cc2c(cc1O)C(=O)c1c(O)c(O)c(C3O[C@@H](CO)[C@H](O)[C@@H](O)[C@@H]3O)c(O)c1C2=O. The molecule has 0 aromatic heterocycles. The lowest BCUT2D eigenvalue weighted by molar-refractivity contribution is -0.232. The second-order valence-corrected chi connectivity index (χ2v) is 7.84. The van der Waals surface area contributed by atoms with Crippen LogP contribution in [0.1, 0.15) is 53.9 Å². The number of hydrogen-bond acceptors (Lipinski definition) is 12. The van der Waals surface area contributed by atoms with Crippen molar-refractivity contribution in [1.29, 1.82) is 0 Å². The maximum Gasteiger partial charge on any atom is 0.339 e. The number of benzene rings is 2. The Hall–Kier alpha value is -3.75. The quantitative estimate of drug-likeness (QED) is 0.154. The van der Waals surface area contributed by atoms with Gasteiger partial charge in [0.05, 0.1) is 23.3 Å². The fourth-order valence-electron chi connectivity index (χ4n) is 4.19. The molecule has 2 aliphatic rings.